The third-order valence-electron chi connectivity index (χ3n) is 9.73. The van der Waals surface area contributed by atoms with Crippen LogP contribution in [0, 0.1) is 17.8 Å². The number of hydrogen-bond donors (Lipinski definition) is 3. The van der Waals surface area contributed by atoms with Crippen molar-refractivity contribution >= 4 is 11.8 Å². The summed E-state index contributed by atoms with van der Waals surface area (Å²) in [6, 6.07) is 12.0. The van der Waals surface area contributed by atoms with Crippen LogP contribution in [0.1, 0.15) is 57.1 Å². The number of benzene rings is 2. The number of ether oxygens (including phenoxy) is 4. The van der Waals surface area contributed by atoms with Crippen LogP contribution in [-0.4, -0.2) is 77.8 Å². The smallest absolute Gasteiger partial charge is 0.249 e. The number of aliphatic hydroxyl groups excluding tert-OH is 2. The first kappa shape index (κ1) is 31.4. The normalized spacial score (nSPS) is 28.1. The summed E-state index contributed by atoms with van der Waals surface area (Å²) in [5.74, 6) is 1.93. The number of amides is 2. The summed E-state index contributed by atoms with van der Waals surface area (Å²) in [5.41, 5.74) is 1.97. The van der Waals surface area contributed by atoms with Crippen LogP contribution in [0.25, 0.3) is 0 Å². The molecule has 6 rings (SSSR count). The number of aliphatic hydroxyl groups is 2. The molecule has 242 valence electrons. The van der Waals surface area contributed by atoms with Crippen LogP contribution < -0.4 is 19.5 Å². The Morgan fingerprint density at radius 3 is 2.69 bits per heavy atom. The standard InChI is InChI=1S/C35H44N2O8/c1-20(2)23-10-8-21(3)14-29(23)42-18-31(39)37(17-22-9-11-28-30(15-22)44-19-43-28)26-16-25(35(41)36-12-13-38)32-24-6-4-5-7-27(24)45-34(32)33(26)40/h4-7,9,11,15-16,20-21,23,26,29,32-34,38,40H,8,10,12-14,17-19H2,1-3H3,(H,36,41). The molecular weight excluding hydrogens is 576 g/mol. The van der Waals surface area contributed by atoms with Crippen LogP contribution in [-0.2, 0) is 20.9 Å². The largest absolute Gasteiger partial charge is 0.486 e. The van der Waals surface area contributed by atoms with Crippen molar-refractivity contribution in [2.75, 3.05) is 26.6 Å². The van der Waals surface area contributed by atoms with Crippen molar-refractivity contribution in [3.8, 4) is 17.2 Å². The highest BCUT2D eigenvalue weighted by molar-refractivity contribution is 5.96. The second-order valence-electron chi connectivity index (χ2n) is 13.1. The zero-order chi connectivity index (χ0) is 31.7. The third kappa shape index (κ3) is 6.41. The van der Waals surface area contributed by atoms with Crippen molar-refractivity contribution < 1.29 is 38.7 Å². The predicted molar refractivity (Wildman–Crippen MR) is 166 cm³/mol. The molecule has 0 aromatic heterocycles. The van der Waals surface area contributed by atoms with Crippen LogP contribution in [0.4, 0.5) is 0 Å². The maximum absolute atomic E-state index is 14.2. The molecule has 0 radical (unpaired) electrons. The summed E-state index contributed by atoms with van der Waals surface area (Å²) in [5, 5.41) is 24.0. The first-order valence-corrected chi connectivity index (χ1v) is 16.1. The second-order valence-corrected chi connectivity index (χ2v) is 13.1. The van der Waals surface area contributed by atoms with Gasteiger partial charge in [0.1, 0.15) is 24.6 Å². The Labute approximate surface area is 264 Å². The van der Waals surface area contributed by atoms with E-state index in [4.69, 9.17) is 18.9 Å². The summed E-state index contributed by atoms with van der Waals surface area (Å²) in [4.78, 5) is 29.3. The molecule has 2 aliphatic carbocycles. The van der Waals surface area contributed by atoms with Crippen molar-refractivity contribution in [3.05, 3.63) is 65.2 Å². The molecule has 4 aliphatic rings. The number of para-hydroxylation sites is 1. The van der Waals surface area contributed by atoms with Crippen LogP contribution in [0.2, 0.25) is 0 Å². The van der Waals surface area contributed by atoms with Crippen LogP contribution in [0.3, 0.4) is 0 Å². The predicted octanol–water partition coefficient (Wildman–Crippen LogP) is 3.54. The summed E-state index contributed by atoms with van der Waals surface area (Å²) in [7, 11) is 0. The lowest BCUT2D eigenvalue weighted by molar-refractivity contribution is -0.148. The summed E-state index contributed by atoms with van der Waals surface area (Å²) < 4.78 is 23.7. The van der Waals surface area contributed by atoms with Gasteiger partial charge >= 0.3 is 0 Å². The van der Waals surface area contributed by atoms with E-state index < -0.39 is 24.2 Å². The third-order valence-corrected chi connectivity index (χ3v) is 9.73. The molecule has 2 aromatic carbocycles. The fourth-order valence-electron chi connectivity index (χ4n) is 7.35. The van der Waals surface area contributed by atoms with Crippen molar-refractivity contribution in [2.24, 2.45) is 17.8 Å². The molecule has 2 aromatic rings. The fourth-order valence-corrected chi connectivity index (χ4v) is 7.35. The minimum atomic E-state index is -1.13. The maximum atomic E-state index is 14.2. The maximum Gasteiger partial charge on any atom is 0.249 e. The fraction of sp³-hybridized carbons (Fsp3) is 0.543. The van der Waals surface area contributed by atoms with Gasteiger partial charge in [0.05, 0.1) is 24.7 Å². The molecule has 0 spiro atoms. The Bertz CT molecular complexity index is 1430. The van der Waals surface area contributed by atoms with Gasteiger partial charge in [-0.1, -0.05) is 51.5 Å². The molecule has 45 heavy (non-hydrogen) atoms. The van der Waals surface area contributed by atoms with E-state index in [1.807, 2.05) is 36.4 Å². The van der Waals surface area contributed by atoms with E-state index in [0.29, 0.717) is 40.6 Å². The zero-order valence-corrected chi connectivity index (χ0v) is 26.2. The van der Waals surface area contributed by atoms with Gasteiger partial charge in [0.25, 0.3) is 0 Å². The minimum absolute atomic E-state index is 0.0335. The molecule has 7 unspecified atom stereocenters. The average molecular weight is 621 g/mol. The minimum Gasteiger partial charge on any atom is -0.486 e. The summed E-state index contributed by atoms with van der Waals surface area (Å²) in [6.45, 7) is 6.61. The molecule has 2 heterocycles. The molecule has 3 N–H and O–H groups in total. The number of nitrogens with zero attached hydrogens (tertiary/aromatic N) is 1. The van der Waals surface area contributed by atoms with E-state index in [9.17, 15) is 19.8 Å². The van der Waals surface area contributed by atoms with Gasteiger partial charge in [-0.25, -0.2) is 0 Å². The van der Waals surface area contributed by atoms with Crippen molar-refractivity contribution in [2.45, 2.75) is 76.9 Å². The Hall–Kier alpha value is -3.60. The molecule has 1 saturated carbocycles. The molecule has 2 aliphatic heterocycles. The first-order chi connectivity index (χ1) is 21.7. The number of hydrogen-bond acceptors (Lipinski definition) is 8. The van der Waals surface area contributed by atoms with E-state index in [0.717, 1.165) is 30.4 Å². The number of fused-ring (bicyclic) bond motifs is 4. The van der Waals surface area contributed by atoms with Gasteiger partial charge in [0.2, 0.25) is 18.6 Å². The Balaban J connectivity index is 1.33. The monoisotopic (exact) mass is 620 g/mol. The SMILES string of the molecule is CC1CCC(C(C)C)C(OCC(=O)N(Cc2ccc3c(c2)OCO3)C2C=C(C(=O)NCCO)C3c4ccccc4OC3C2O)C1. The van der Waals surface area contributed by atoms with E-state index in [1.165, 1.54) is 0 Å². The lowest BCUT2D eigenvalue weighted by Crippen LogP contribution is -2.56. The summed E-state index contributed by atoms with van der Waals surface area (Å²) >= 11 is 0. The van der Waals surface area contributed by atoms with Crippen LogP contribution in [0.5, 0.6) is 17.2 Å². The zero-order valence-electron chi connectivity index (χ0n) is 26.2. The Morgan fingerprint density at radius 2 is 1.89 bits per heavy atom. The molecule has 0 bridgehead atoms. The molecule has 2 amide bonds. The molecular formula is C35H44N2O8. The number of rotatable bonds is 10. The van der Waals surface area contributed by atoms with E-state index in [2.05, 4.69) is 26.1 Å². The van der Waals surface area contributed by atoms with Crippen LogP contribution >= 0.6 is 0 Å². The molecule has 10 nitrogen and oxygen atoms in total. The Morgan fingerprint density at radius 1 is 1.09 bits per heavy atom. The average Bonchev–Trinajstić information content (AvgIpc) is 3.67. The Kier molecular flexibility index (Phi) is 9.35. The topological polar surface area (TPSA) is 127 Å². The lowest BCUT2D eigenvalue weighted by atomic mass is 9.75. The van der Waals surface area contributed by atoms with Crippen molar-refractivity contribution in [1.82, 2.24) is 10.2 Å². The van der Waals surface area contributed by atoms with Crippen molar-refractivity contribution in [3.63, 3.8) is 0 Å². The van der Waals surface area contributed by atoms with Gasteiger partial charge in [-0.05, 0) is 60.4 Å². The van der Waals surface area contributed by atoms with E-state index in [-0.39, 0.29) is 51.0 Å². The van der Waals surface area contributed by atoms with Gasteiger partial charge in [-0.2, -0.15) is 0 Å². The molecule has 1 fully saturated rings. The van der Waals surface area contributed by atoms with Crippen LogP contribution in [0.15, 0.2) is 54.1 Å². The van der Waals surface area contributed by atoms with E-state index in [1.54, 1.807) is 17.0 Å². The number of carbonyl (C=O) groups excluding carboxylic acids is 2. The van der Waals surface area contributed by atoms with Gasteiger partial charge < -0.3 is 39.4 Å². The van der Waals surface area contributed by atoms with Gasteiger partial charge in [-0.3, -0.25) is 9.59 Å². The second kappa shape index (κ2) is 13.4. The van der Waals surface area contributed by atoms with Gasteiger partial charge in [0, 0.05) is 24.2 Å². The molecule has 7 atom stereocenters. The highest BCUT2D eigenvalue weighted by atomic mass is 16.7. The molecule has 0 saturated heterocycles. The highest BCUT2D eigenvalue weighted by Crippen LogP contribution is 2.47. The van der Waals surface area contributed by atoms with Gasteiger partial charge in [-0.15, -0.1) is 0 Å². The molecule has 10 heteroatoms. The quantitative estimate of drug-likeness (QED) is 0.368. The first-order valence-electron chi connectivity index (χ1n) is 16.1. The van der Waals surface area contributed by atoms with Crippen molar-refractivity contribution in [1.29, 1.82) is 0 Å². The number of carbonyl (C=O) groups is 2. The number of nitrogens with one attached hydrogen (secondary N) is 1. The van der Waals surface area contributed by atoms with Gasteiger partial charge in [0.15, 0.2) is 11.5 Å². The summed E-state index contributed by atoms with van der Waals surface area (Å²) in [6.07, 6.45) is 2.85. The lowest BCUT2D eigenvalue weighted by Gasteiger charge is -2.41. The highest BCUT2D eigenvalue weighted by Gasteiger charge is 2.50. The van der Waals surface area contributed by atoms with E-state index >= 15 is 0 Å².